The van der Waals surface area contributed by atoms with E-state index in [-0.39, 0.29) is 6.04 Å². The first-order valence-electron chi connectivity index (χ1n) is 10.0. The Morgan fingerprint density at radius 2 is 1.87 bits per heavy atom. The van der Waals surface area contributed by atoms with Crippen LogP contribution in [0.1, 0.15) is 35.4 Å². The molecule has 0 unspecified atom stereocenters. The summed E-state index contributed by atoms with van der Waals surface area (Å²) in [5.41, 5.74) is 4.02. The molecule has 0 N–H and O–H groups in total. The predicted octanol–water partition coefficient (Wildman–Crippen LogP) is 6.80. The van der Waals surface area contributed by atoms with Crippen molar-refractivity contribution in [3.8, 4) is 11.5 Å². The van der Waals surface area contributed by atoms with E-state index < -0.39 is 6.23 Å². The first kappa shape index (κ1) is 20.0. The van der Waals surface area contributed by atoms with Gasteiger partial charge in [-0.3, -0.25) is 0 Å². The van der Waals surface area contributed by atoms with Crippen molar-refractivity contribution in [1.82, 2.24) is 5.01 Å². The van der Waals surface area contributed by atoms with Gasteiger partial charge in [0.2, 0.25) is 6.23 Å². The van der Waals surface area contributed by atoms with E-state index in [1.54, 1.807) is 12.1 Å². The molecule has 2 atom stereocenters. The Bertz CT molecular complexity index is 1150. The Balaban J connectivity index is 1.55. The summed E-state index contributed by atoms with van der Waals surface area (Å²) >= 11 is 12.9. The number of hydrogen-bond acceptors (Lipinski definition) is 4. The summed E-state index contributed by atoms with van der Waals surface area (Å²) in [5.74, 6) is 1.44. The molecule has 31 heavy (non-hydrogen) atoms. The molecule has 0 saturated heterocycles. The Hall–Kier alpha value is -2.95. The maximum atomic E-state index is 6.53. The van der Waals surface area contributed by atoms with Crippen molar-refractivity contribution in [3.05, 3.63) is 106 Å². The lowest BCUT2D eigenvalue weighted by atomic mass is 9.96. The summed E-state index contributed by atoms with van der Waals surface area (Å²) in [5, 5.41) is 8.07. The fourth-order valence-electron chi connectivity index (χ4n) is 4.02. The van der Waals surface area contributed by atoms with Gasteiger partial charge < -0.3 is 9.47 Å². The zero-order valence-corrected chi connectivity index (χ0v) is 18.2. The highest BCUT2D eigenvalue weighted by Gasteiger charge is 2.42. The lowest BCUT2D eigenvalue weighted by molar-refractivity contribution is -0.0189. The highest BCUT2D eigenvalue weighted by molar-refractivity contribution is 6.35. The molecule has 2 aliphatic rings. The fourth-order valence-corrected chi connectivity index (χ4v) is 4.58. The van der Waals surface area contributed by atoms with E-state index in [4.69, 9.17) is 37.8 Å². The van der Waals surface area contributed by atoms with Crippen LogP contribution in [0.5, 0.6) is 11.5 Å². The molecule has 0 bridgehead atoms. The van der Waals surface area contributed by atoms with E-state index in [1.807, 2.05) is 53.5 Å². The van der Waals surface area contributed by atoms with E-state index in [9.17, 15) is 0 Å². The molecule has 0 radical (unpaired) electrons. The van der Waals surface area contributed by atoms with Crippen molar-refractivity contribution in [2.75, 3.05) is 6.61 Å². The van der Waals surface area contributed by atoms with Crippen LogP contribution < -0.4 is 9.47 Å². The van der Waals surface area contributed by atoms with Gasteiger partial charge in [0.15, 0.2) is 0 Å². The van der Waals surface area contributed by atoms with Crippen LogP contribution in [0.4, 0.5) is 0 Å². The van der Waals surface area contributed by atoms with Crippen LogP contribution in [-0.2, 0) is 0 Å². The normalized spacial score (nSPS) is 19.2. The van der Waals surface area contributed by atoms with Gasteiger partial charge >= 0.3 is 0 Å². The van der Waals surface area contributed by atoms with Crippen molar-refractivity contribution < 1.29 is 9.47 Å². The van der Waals surface area contributed by atoms with Gasteiger partial charge in [0.05, 0.1) is 16.8 Å². The topological polar surface area (TPSA) is 34.1 Å². The molecular formula is C25H20Cl2N2O2. The number of halogens is 2. The average molecular weight is 451 g/mol. The van der Waals surface area contributed by atoms with Gasteiger partial charge in [-0.05, 0) is 42.0 Å². The van der Waals surface area contributed by atoms with Crippen molar-refractivity contribution in [2.45, 2.75) is 18.7 Å². The smallest absolute Gasteiger partial charge is 0.213 e. The van der Waals surface area contributed by atoms with Crippen LogP contribution in [0.2, 0.25) is 10.0 Å². The minimum absolute atomic E-state index is 0.0168. The van der Waals surface area contributed by atoms with Crippen molar-refractivity contribution in [1.29, 1.82) is 0 Å². The van der Waals surface area contributed by atoms with Crippen molar-refractivity contribution >= 4 is 28.9 Å². The van der Waals surface area contributed by atoms with E-state index in [2.05, 4.69) is 18.7 Å². The first-order chi connectivity index (χ1) is 15.1. The largest absolute Gasteiger partial charge is 0.490 e. The number of fused-ring (bicyclic) bond motifs is 3. The second kappa shape index (κ2) is 8.29. The fraction of sp³-hybridized carbons (Fsp3) is 0.160. The van der Waals surface area contributed by atoms with Crippen LogP contribution in [0.25, 0.3) is 0 Å². The Morgan fingerprint density at radius 3 is 2.61 bits per heavy atom. The predicted molar refractivity (Wildman–Crippen MR) is 124 cm³/mol. The zero-order chi connectivity index (χ0) is 21.4. The van der Waals surface area contributed by atoms with Crippen molar-refractivity contribution in [3.63, 3.8) is 0 Å². The van der Waals surface area contributed by atoms with E-state index in [1.165, 1.54) is 0 Å². The lowest BCUT2D eigenvalue weighted by Gasteiger charge is -2.38. The molecule has 3 aromatic rings. The SMILES string of the molecule is C=CCOc1ccc([C@H]2Oc3c(Cl)cc(Cl)cc3[C@@H]3CC(c4ccccc4)=NN23)cc1. The number of hydrogen-bond donors (Lipinski definition) is 0. The molecule has 0 amide bonds. The number of hydrazone groups is 1. The molecule has 6 heteroatoms. The molecule has 0 saturated carbocycles. The van der Waals surface area contributed by atoms with Crippen LogP contribution in [0.3, 0.4) is 0 Å². The maximum Gasteiger partial charge on any atom is 0.213 e. The summed E-state index contributed by atoms with van der Waals surface area (Å²) in [6.45, 7) is 4.14. The van der Waals surface area contributed by atoms with E-state index in [0.717, 1.165) is 34.6 Å². The van der Waals surface area contributed by atoms with Gasteiger partial charge in [0.25, 0.3) is 0 Å². The third-order valence-electron chi connectivity index (χ3n) is 5.45. The van der Waals surface area contributed by atoms with Crippen molar-refractivity contribution in [2.24, 2.45) is 5.10 Å². The van der Waals surface area contributed by atoms with Crippen LogP contribution >= 0.6 is 23.2 Å². The van der Waals surface area contributed by atoms with Crippen LogP contribution in [-0.4, -0.2) is 17.3 Å². The van der Waals surface area contributed by atoms with Gasteiger partial charge in [-0.15, -0.1) is 0 Å². The van der Waals surface area contributed by atoms with Gasteiger partial charge in [-0.2, -0.15) is 5.10 Å². The number of nitrogens with zero attached hydrogens (tertiary/aromatic N) is 2. The van der Waals surface area contributed by atoms with E-state index in [0.29, 0.717) is 22.4 Å². The molecule has 2 aliphatic heterocycles. The average Bonchev–Trinajstić information content (AvgIpc) is 3.24. The lowest BCUT2D eigenvalue weighted by Crippen LogP contribution is -2.33. The second-order valence-electron chi connectivity index (χ2n) is 7.46. The molecule has 0 spiro atoms. The quantitative estimate of drug-likeness (QED) is 0.400. The summed E-state index contributed by atoms with van der Waals surface area (Å²) in [7, 11) is 0. The summed E-state index contributed by atoms with van der Waals surface area (Å²) in [6.07, 6.45) is 2.05. The number of ether oxygens (including phenoxy) is 2. The minimum Gasteiger partial charge on any atom is -0.490 e. The molecule has 0 aliphatic carbocycles. The van der Waals surface area contributed by atoms with Gasteiger partial charge in [-0.1, -0.05) is 66.2 Å². The second-order valence-corrected chi connectivity index (χ2v) is 8.30. The Labute approximate surface area is 191 Å². The third kappa shape index (κ3) is 3.78. The molecule has 0 fully saturated rings. The molecule has 5 rings (SSSR count). The van der Waals surface area contributed by atoms with Gasteiger partial charge in [0, 0.05) is 22.6 Å². The van der Waals surface area contributed by atoms with Crippen LogP contribution in [0, 0.1) is 0 Å². The highest BCUT2D eigenvalue weighted by atomic mass is 35.5. The minimum atomic E-state index is -0.411. The third-order valence-corrected chi connectivity index (χ3v) is 5.95. The Kier molecular flexibility index (Phi) is 5.34. The summed E-state index contributed by atoms with van der Waals surface area (Å²) in [4.78, 5) is 0. The maximum absolute atomic E-state index is 6.53. The molecule has 156 valence electrons. The van der Waals surface area contributed by atoms with Crippen LogP contribution in [0.15, 0.2) is 84.5 Å². The van der Waals surface area contributed by atoms with Gasteiger partial charge in [-0.25, -0.2) is 5.01 Å². The number of rotatable bonds is 5. The molecule has 4 nitrogen and oxygen atoms in total. The molecular weight excluding hydrogens is 431 g/mol. The molecule has 3 aromatic carbocycles. The first-order valence-corrected chi connectivity index (χ1v) is 10.8. The monoisotopic (exact) mass is 450 g/mol. The molecule has 2 heterocycles. The number of benzene rings is 3. The van der Waals surface area contributed by atoms with Gasteiger partial charge in [0.1, 0.15) is 18.1 Å². The Morgan fingerprint density at radius 1 is 1.10 bits per heavy atom. The summed E-state index contributed by atoms with van der Waals surface area (Å²) < 4.78 is 12.0. The molecule has 0 aromatic heterocycles. The summed E-state index contributed by atoms with van der Waals surface area (Å²) in [6, 6.07) is 21.6. The zero-order valence-electron chi connectivity index (χ0n) is 16.7. The highest BCUT2D eigenvalue weighted by Crippen LogP contribution is 2.50. The van der Waals surface area contributed by atoms with E-state index >= 15 is 0 Å². The standard InChI is InChI=1S/C25H20Cl2N2O2/c1-2-12-30-19-10-8-17(9-11-19)25-29-23(15-22(28-29)16-6-4-3-5-7-16)20-13-18(26)14-21(27)24(20)31-25/h2-11,13-14,23,25H,1,12,15H2/t23-,25+/m0/s1.